The molecule has 1 heterocycles. The van der Waals surface area contributed by atoms with Gasteiger partial charge in [0.05, 0.1) is 9.80 Å². The first-order valence-electron chi connectivity index (χ1n) is 7.12. The van der Waals surface area contributed by atoms with Crippen LogP contribution in [0.3, 0.4) is 0 Å². The lowest BCUT2D eigenvalue weighted by atomic mass is 10.1. The van der Waals surface area contributed by atoms with Gasteiger partial charge in [-0.25, -0.2) is 0 Å². The minimum Gasteiger partial charge on any atom is -0.341 e. The van der Waals surface area contributed by atoms with E-state index in [1.807, 2.05) is 5.38 Å². The van der Waals surface area contributed by atoms with Gasteiger partial charge in [-0.05, 0) is 23.1 Å². The number of amides is 1. The van der Waals surface area contributed by atoms with E-state index in [2.05, 4.69) is 0 Å². The summed E-state index contributed by atoms with van der Waals surface area (Å²) in [7, 11) is 1.58. The highest BCUT2D eigenvalue weighted by atomic mass is 35.5. The maximum absolute atomic E-state index is 12.2. The standard InChI is InChI=1S/C16H15ClN2O4S/c1-18(10-11-9-12(19(22)23)4-5-13(11)17)16(21)7-6-14(20)15-3-2-8-24-15/h2-5,8-9H,6-7,10H2,1H3. The minimum absolute atomic E-state index is 0.0693. The van der Waals surface area contributed by atoms with E-state index in [1.54, 1.807) is 19.2 Å². The minimum atomic E-state index is -0.513. The normalized spacial score (nSPS) is 10.4. The van der Waals surface area contributed by atoms with Crippen molar-refractivity contribution in [3.05, 3.63) is 61.3 Å². The zero-order chi connectivity index (χ0) is 17.7. The maximum Gasteiger partial charge on any atom is 0.269 e. The molecule has 0 aliphatic rings. The highest BCUT2D eigenvalue weighted by Crippen LogP contribution is 2.23. The van der Waals surface area contributed by atoms with E-state index in [9.17, 15) is 19.7 Å². The SMILES string of the molecule is CN(Cc1cc([N+](=O)[O-])ccc1Cl)C(=O)CCC(=O)c1cccs1. The molecule has 0 N–H and O–H groups in total. The third kappa shape index (κ3) is 4.62. The number of nitro benzene ring substituents is 1. The summed E-state index contributed by atoms with van der Waals surface area (Å²) in [5, 5.41) is 13.0. The molecule has 0 atom stereocenters. The van der Waals surface area contributed by atoms with Crippen LogP contribution in [0.5, 0.6) is 0 Å². The Morgan fingerprint density at radius 1 is 1.29 bits per heavy atom. The molecule has 1 amide bonds. The number of benzene rings is 1. The molecule has 0 saturated carbocycles. The van der Waals surface area contributed by atoms with Gasteiger partial charge in [0.1, 0.15) is 0 Å². The van der Waals surface area contributed by atoms with Crippen LogP contribution >= 0.6 is 22.9 Å². The smallest absolute Gasteiger partial charge is 0.269 e. The van der Waals surface area contributed by atoms with E-state index in [4.69, 9.17) is 11.6 Å². The van der Waals surface area contributed by atoms with Crippen molar-refractivity contribution in [2.75, 3.05) is 7.05 Å². The fourth-order valence-electron chi connectivity index (χ4n) is 2.11. The Morgan fingerprint density at radius 2 is 2.04 bits per heavy atom. The molecule has 2 aromatic rings. The molecule has 24 heavy (non-hydrogen) atoms. The number of thiophene rings is 1. The molecule has 1 aromatic heterocycles. The van der Waals surface area contributed by atoms with Crippen LogP contribution < -0.4 is 0 Å². The summed E-state index contributed by atoms with van der Waals surface area (Å²) in [4.78, 5) is 36.4. The number of hydrogen-bond donors (Lipinski definition) is 0. The van der Waals surface area contributed by atoms with Gasteiger partial charge in [0.25, 0.3) is 5.69 Å². The topological polar surface area (TPSA) is 80.5 Å². The third-order valence-electron chi connectivity index (χ3n) is 3.44. The summed E-state index contributed by atoms with van der Waals surface area (Å²) in [5.41, 5.74) is 0.412. The maximum atomic E-state index is 12.2. The summed E-state index contributed by atoms with van der Waals surface area (Å²) in [6, 6.07) is 7.62. The van der Waals surface area contributed by atoms with Crippen molar-refractivity contribution in [1.82, 2.24) is 4.90 Å². The van der Waals surface area contributed by atoms with E-state index < -0.39 is 4.92 Å². The highest BCUT2D eigenvalue weighted by molar-refractivity contribution is 7.12. The lowest BCUT2D eigenvalue weighted by molar-refractivity contribution is -0.384. The predicted octanol–water partition coefficient (Wildman–Crippen LogP) is 3.93. The Labute approximate surface area is 147 Å². The Morgan fingerprint density at radius 3 is 2.67 bits per heavy atom. The number of halogens is 1. The van der Waals surface area contributed by atoms with Crippen LogP contribution in [0.1, 0.15) is 28.1 Å². The monoisotopic (exact) mass is 366 g/mol. The van der Waals surface area contributed by atoms with E-state index in [-0.39, 0.29) is 36.8 Å². The van der Waals surface area contributed by atoms with Gasteiger partial charge in [-0.2, -0.15) is 0 Å². The second-order valence-electron chi connectivity index (χ2n) is 5.18. The number of Topliss-reactive ketones (excluding diaryl/α,β-unsaturated/α-hetero) is 1. The van der Waals surface area contributed by atoms with Crippen LogP contribution in [0.15, 0.2) is 35.7 Å². The van der Waals surface area contributed by atoms with Gasteiger partial charge >= 0.3 is 0 Å². The van der Waals surface area contributed by atoms with Crippen molar-refractivity contribution >= 4 is 40.3 Å². The van der Waals surface area contributed by atoms with E-state index >= 15 is 0 Å². The van der Waals surface area contributed by atoms with Gasteiger partial charge in [-0.15, -0.1) is 11.3 Å². The second kappa shape index (κ2) is 8.03. The molecule has 0 fully saturated rings. The van der Waals surface area contributed by atoms with Crippen LogP contribution in [0.25, 0.3) is 0 Å². The Kier molecular flexibility index (Phi) is 6.05. The van der Waals surface area contributed by atoms with E-state index in [0.29, 0.717) is 15.5 Å². The number of carbonyl (C=O) groups excluding carboxylic acids is 2. The molecule has 0 aliphatic carbocycles. The van der Waals surface area contributed by atoms with Crippen molar-refractivity contribution in [3.63, 3.8) is 0 Å². The molecule has 0 unspecified atom stereocenters. The molecule has 126 valence electrons. The van der Waals surface area contributed by atoms with Crippen LogP contribution in [0, 0.1) is 10.1 Å². The number of nitro groups is 1. The van der Waals surface area contributed by atoms with Gasteiger partial charge in [0.15, 0.2) is 5.78 Å². The largest absolute Gasteiger partial charge is 0.341 e. The number of rotatable bonds is 7. The Bertz CT molecular complexity index is 761. The molecular weight excluding hydrogens is 352 g/mol. The van der Waals surface area contributed by atoms with Crippen molar-refractivity contribution in [3.8, 4) is 0 Å². The molecule has 8 heteroatoms. The van der Waals surface area contributed by atoms with Gasteiger partial charge in [-0.3, -0.25) is 19.7 Å². The van der Waals surface area contributed by atoms with Crippen molar-refractivity contribution in [2.24, 2.45) is 0 Å². The molecule has 0 spiro atoms. The fraction of sp³-hybridized carbons (Fsp3) is 0.250. The van der Waals surface area contributed by atoms with Gasteiger partial charge in [0, 0.05) is 43.6 Å². The van der Waals surface area contributed by atoms with Crippen LogP contribution in [-0.2, 0) is 11.3 Å². The number of carbonyl (C=O) groups is 2. The summed E-state index contributed by atoms with van der Waals surface area (Å²) in [6.45, 7) is 0.145. The van der Waals surface area contributed by atoms with Crippen molar-refractivity contribution < 1.29 is 14.5 Å². The quantitative estimate of drug-likeness (QED) is 0.422. The van der Waals surface area contributed by atoms with Crippen LogP contribution in [0.4, 0.5) is 5.69 Å². The van der Waals surface area contributed by atoms with Crippen molar-refractivity contribution in [2.45, 2.75) is 19.4 Å². The average Bonchev–Trinajstić information content (AvgIpc) is 3.08. The molecule has 0 saturated heterocycles. The van der Waals surface area contributed by atoms with Gasteiger partial charge in [-0.1, -0.05) is 17.7 Å². The van der Waals surface area contributed by atoms with Crippen molar-refractivity contribution in [1.29, 1.82) is 0 Å². The number of hydrogen-bond acceptors (Lipinski definition) is 5. The lowest BCUT2D eigenvalue weighted by Gasteiger charge is -2.17. The Hall–Kier alpha value is -2.25. The van der Waals surface area contributed by atoms with Crippen LogP contribution in [-0.4, -0.2) is 28.6 Å². The zero-order valence-electron chi connectivity index (χ0n) is 12.9. The molecule has 1 aromatic carbocycles. The highest BCUT2D eigenvalue weighted by Gasteiger charge is 2.16. The lowest BCUT2D eigenvalue weighted by Crippen LogP contribution is -2.26. The van der Waals surface area contributed by atoms with Gasteiger partial charge < -0.3 is 4.90 Å². The fourth-order valence-corrected chi connectivity index (χ4v) is 2.98. The molecule has 0 aliphatic heterocycles. The number of nitrogens with zero attached hydrogens (tertiary/aromatic N) is 2. The third-order valence-corrected chi connectivity index (χ3v) is 4.71. The summed E-state index contributed by atoms with van der Waals surface area (Å²) < 4.78 is 0. The molecule has 0 radical (unpaired) electrons. The zero-order valence-corrected chi connectivity index (χ0v) is 14.5. The van der Waals surface area contributed by atoms with Gasteiger partial charge in [0.2, 0.25) is 5.91 Å². The summed E-state index contributed by atoms with van der Waals surface area (Å²) in [6.07, 6.45) is 0.214. The first-order valence-corrected chi connectivity index (χ1v) is 8.37. The average molecular weight is 367 g/mol. The van der Waals surface area contributed by atoms with E-state index in [1.165, 1.54) is 34.4 Å². The Balaban J connectivity index is 1.95. The molecule has 0 bridgehead atoms. The first kappa shape index (κ1) is 18.1. The summed E-state index contributed by atoms with van der Waals surface area (Å²) >= 11 is 7.38. The second-order valence-corrected chi connectivity index (χ2v) is 6.54. The molecular formula is C16H15ClN2O4S. The number of ketones is 1. The number of non-ortho nitro benzene ring substituents is 1. The van der Waals surface area contributed by atoms with E-state index in [0.717, 1.165) is 0 Å². The van der Waals surface area contributed by atoms with Crippen LogP contribution in [0.2, 0.25) is 5.02 Å². The predicted molar refractivity (Wildman–Crippen MR) is 92.5 cm³/mol. The summed E-state index contributed by atoms with van der Waals surface area (Å²) in [5.74, 6) is -0.289. The first-order chi connectivity index (χ1) is 11.4. The molecule has 6 nitrogen and oxygen atoms in total. The molecule has 2 rings (SSSR count).